The second-order valence-electron chi connectivity index (χ2n) is 6.73. The quantitative estimate of drug-likeness (QED) is 0.727. The standard InChI is InChI=1S/C20H28N4O2S/c1-26-18-8-4-3-7-15(18)17(24-11-5-2-6-12-24)13-22-20(25)16-14-27-19(23-16)9-10-21/h3-4,7-8,14,17H,2,5-6,9-13,21H2,1H3,(H,22,25). The molecule has 1 atom stereocenters. The van der Waals surface area contributed by atoms with Crippen molar-refractivity contribution in [2.75, 3.05) is 33.3 Å². The van der Waals surface area contributed by atoms with Gasteiger partial charge in [0.1, 0.15) is 11.4 Å². The molecule has 0 aliphatic carbocycles. The van der Waals surface area contributed by atoms with E-state index < -0.39 is 0 Å². The van der Waals surface area contributed by atoms with Gasteiger partial charge in [0.25, 0.3) is 5.91 Å². The van der Waals surface area contributed by atoms with Gasteiger partial charge in [0.2, 0.25) is 0 Å². The number of methoxy groups -OCH3 is 1. The lowest BCUT2D eigenvalue weighted by molar-refractivity contribution is 0.0919. The van der Waals surface area contributed by atoms with Crippen LogP contribution in [0.4, 0.5) is 0 Å². The number of piperidine rings is 1. The molecule has 1 aromatic heterocycles. The van der Waals surface area contributed by atoms with Crippen LogP contribution in [-0.4, -0.2) is 49.1 Å². The van der Waals surface area contributed by atoms with Crippen molar-refractivity contribution in [2.24, 2.45) is 5.73 Å². The lowest BCUT2D eigenvalue weighted by Crippen LogP contribution is -2.40. The van der Waals surface area contributed by atoms with Gasteiger partial charge < -0.3 is 15.8 Å². The molecule has 27 heavy (non-hydrogen) atoms. The van der Waals surface area contributed by atoms with E-state index in [0.29, 0.717) is 25.2 Å². The van der Waals surface area contributed by atoms with Gasteiger partial charge in [-0.1, -0.05) is 24.6 Å². The summed E-state index contributed by atoms with van der Waals surface area (Å²) in [6.07, 6.45) is 4.35. The molecule has 0 spiro atoms. The van der Waals surface area contributed by atoms with Crippen LogP contribution in [0.1, 0.15) is 46.4 Å². The maximum atomic E-state index is 12.6. The number of carbonyl (C=O) groups excluding carboxylic acids is 1. The number of nitrogens with two attached hydrogens (primary N) is 1. The predicted molar refractivity (Wildman–Crippen MR) is 108 cm³/mol. The molecular formula is C20H28N4O2S. The van der Waals surface area contributed by atoms with E-state index in [2.05, 4.69) is 21.3 Å². The van der Waals surface area contributed by atoms with Crippen molar-refractivity contribution in [3.8, 4) is 5.75 Å². The molecule has 1 aliphatic heterocycles. The van der Waals surface area contributed by atoms with Crippen molar-refractivity contribution in [3.63, 3.8) is 0 Å². The smallest absolute Gasteiger partial charge is 0.270 e. The number of likely N-dealkylation sites (tertiary alicyclic amines) is 1. The highest BCUT2D eigenvalue weighted by atomic mass is 32.1. The Morgan fingerprint density at radius 1 is 1.33 bits per heavy atom. The van der Waals surface area contributed by atoms with Crippen LogP contribution in [0.25, 0.3) is 0 Å². The van der Waals surface area contributed by atoms with Crippen LogP contribution in [0.2, 0.25) is 0 Å². The van der Waals surface area contributed by atoms with Crippen molar-refractivity contribution >= 4 is 17.2 Å². The van der Waals surface area contributed by atoms with Gasteiger partial charge in [-0.2, -0.15) is 0 Å². The zero-order valence-corrected chi connectivity index (χ0v) is 16.6. The Labute approximate surface area is 164 Å². The number of para-hydroxylation sites is 1. The molecule has 6 nitrogen and oxygen atoms in total. The summed E-state index contributed by atoms with van der Waals surface area (Å²) >= 11 is 1.48. The number of hydrogen-bond acceptors (Lipinski definition) is 6. The van der Waals surface area contributed by atoms with E-state index in [4.69, 9.17) is 10.5 Å². The Balaban J connectivity index is 1.73. The maximum absolute atomic E-state index is 12.6. The molecule has 0 bridgehead atoms. The summed E-state index contributed by atoms with van der Waals surface area (Å²) in [4.78, 5) is 19.4. The number of hydrogen-bond donors (Lipinski definition) is 2. The molecule has 3 N–H and O–H groups in total. The van der Waals surface area contributed by atoms with Crippen LogP contribution in [0.3, 0.4) is 0 Å². The number of thiazole rings is 1. The third kappa shape index (κ3) is 5.06. The number of amides is 1. The molecule has 146 valence electrons. The average molecular weight is 389 g/mol. The minimum atomic E-state index is -0.133. The minimum absolute atomic E-state index is 0.0903. The van der Waals surface area contributed by atoms with E-state index >= 15 is 0 Å². The zero-order chi connectivity index (χ0) is 19.1. The first kappa shape index (κ1) is 19.8. The molecule has 1 aliphatic rings. The first-order valence-corrected chi connectivity index (χ1v) is 10.4. The number of benzene rings is 1. The van der Waals surface area contributed by atoms with Gasteiger partial charge in [0, 0.05) is 23.9 Å². The Morgan fingerprint density at radius 2 is 2.11 bits per heavy atom. The van der Waals surface area contributed by atoms with E-state index in [0.717, 1.165) is 29.4 Å². The monoisotopic (exact) mass is 388 g/mol. The summed E-state index contributed by atoms with van der Waals surface area (Å²) in [6.45, 7) is 3.15. The predicted octanol–water partition coefficient (Wildman–Crippen LogP) is 2.61. The molecule has 3 rings (SSSR count). The van der Waals surface area contributed by atoms with Gasteiger partial charge in [0.05, 0.1) is 18.2 Å². The Morgan fingerprint density at radius 3 is 2.85 bits per heavy atom. The van der Waals surface area contributed by atoms with Gasteiger partial charge >= 0.3 is 0 Å². The number of carbonyl (C=O) groups is 1. The number of nitrogens with one attached hydrogen (secondary N) is 1. The highest BCUT2D eigenvalue weighted by molar-refractivity contribution is 7.09. The molecule has 1 unspecified atom stereocenters. The lowest BCUT2D eigenvalue weighted by Gasteiger charge is -2.35. The van der Waals surface area contributed by atoms with Gasteiger partial charge in [-0.05, 0) is 38.5 Å². The van der Waals surface area contributed by atoms with Crippen molar-refractivity contribution in [1.82, 2.24) is 15.2 Å². The zero-order valence-electron chi connectivity index (χ0n) is 15.8. The second kappa shape index (κ2) is 9.82. The van der Waals surface area contributed by atoms with Crippen LogP contribution in [0.5, 0.6) is 5.75 Å². The molecule has 2 aromatic rings. The summed E-state index contributed by atoms with van der Waals surface area (Å²) in [5.41, 5.74) is 7.16. The first-order valence-electron chi connectivity index (χ1n) is 9.52. The largest absolute Gasteiger partial charge is 0.496 e. The number of nitrogens with zero attached hydrogens (tertiary/aromatic N) is 2. The fourth-order valence-corrected chi connectivity index (χ4v) is 4.34. The summed E-state index contributed by atoms with van der Waals surface area (Å²) < 4.78 is 5.58. The Hall–Kier alpha value is -1.96. The van der Waals surface area contributed by atoms with E-state index in [1.165, 1.54) is 30.6 Å². The topological polar surface area (TPSA) is 80.5 Å². The third-order valence-corrected chi connectivity index (χ3v) is 5.84. The molecule has 0 saturated carbocycles. The van der Waals surface area contributed by atoms with E-state index in [-0.39, 0.29) is 11.9 Å². The van der Waals surface area contributed by atoms with Crippen LogP contribution < -0.4 is 15.8 Å². The van der Waals surface area contributed by atoms with Crippen molar-refractivity contribution in [2.45, 2.75) is 31.7 Å². The Kier molecular flexibility index (Phi) is 7.20. The van der Waals surface area contributed by atoms with Gasteiger partial charge in [-0.15, -0.1) is 11.3 Å². The molecule has 1 saturated heterocycles. The molecule has 1 amide bonds. The van der Waals surface area contributed by atoms with E-state index in [9.17, 15) is 4.79 Å². The molecule has 1 fully saturated rings. The van der Waals surface area contributed by atoms with Crippen LogP contribution in [0, 0.1) is 0 Å². The van der Waals surface area contributed by atoms with Crippen LogP contribution >= 0.6 is 11.3 Å². The molecule has 7 heteroatoms. The summed E-state index contributed by atoms with van der Waals surface area (Å²) in [5.74, 6) is 0.729. The van der Waals surface area contributed by atoms with Crippen LogP contribution in [-0.2, 0) is 6.42 Å². The molecule has 2 heterocycles. The minimum Gasteiger partial charge on any atom is -0.496 e. The summed E-state index contributed by atoms with van der Waals surface area (Å²) in [5, 5.41) is 5.79. The highest BCUT2D eigenvalue weighted by Crippen LogP contribution is 2.31. The molecule has 0 radical (unpaired) electrons. The average Bonchev–Trinajstić information content (AvgIpc) is 3.18. The van der Waals surface area contributed by atoms with Crippen molar-refractivity contribution < 1.29 is 9.53 Å². The number of ether oxygens (including phenoxy) is 1. The van der Waals surface area contributed by atoms with E-state index in [1.807, 2.05) is 18.2 Å². The molecular weight excluding hydrogens is 360 g/mol. The molecule has 1 aromatic carbocycles. The van der Waals surface area contributed by atoms with Crippen molar-refractivity contribution in [1.29, 1.82) is 0 Å². The van der Waals surface area contributed by atoms with E-state index in [1.54, 1.807) is 12.5 Å². The SMILES string of the molecule is COc1ccccc1C(CNC(=O)c1csc(CCN)n1)N1CCCCC1. The van der Waals surface area contributed by atoms with Crippen LogP contribution in [0.15, 0.2) is 29.6 Å². The maximum Gasteiger partial charge on any atom is 0.270 e. The van der Waals surface area contributed by atoms with Gasteiger partial charge in [0.15, 0.2) is 0 Å². The number of rotatable bonds is 8. The third-order valence-electron chi connectivity index (χ3n) is 4.93. The fraction of sp³-hybridized carbons (Fsp3) is 0.500. The van der Waals surface area contributed by atoms with Gasteiger partial charge in [-0.25, -0.2) is 4.98 Å². The Bertz CT molecular complexity index is 743. The first-order chi connectivity index (χ1) is 13.2. The summed E-state index contributed by atoms with van der Waals surface area (Å²) in [6, 6.07) is 8.16. The van der Waals surface area contributed by atoms with Crippen molar-refractivity contribution in [3.05, 3.63) is 45.9 Å². The highest BCUT2D eigenvalue weighted by Gasteiger charge is 2.25. The normalized spacial score (nSPS) is 16.1. The summed E-state index contributed by atoms with van der Waals surface area (Å²) in [7, 11) is 1.69. The number of aromatic nitrogens is 1. The second-order valence-corrected chi connectivity index (χ2v) is 7.67. The van der Waals surface area contributed by atoms with Gasteiger partial charge in [-0.3, -0.25) is 9.69 Å². The lowest BCUT2D eigenvalue weighted by atomic mass is 10.0. The fourth-order valence-electron chi connectivity index (χ4n) is 3.54.